The maximum Gasteiger partial charge on any atom is 0.325 e. The van der Waals surface area contributed by atoms with Gasteiger partial charge in [0.05, 0.1) is 0 Å². The summed E-state index contributed by atoms with van der Waals surface area (Å²) in [5, 5.41) is 11.2. The lowest BCUT2D eigenvalue weighted by atomic mass is 10.1. The Hall–Kier alpha value is -1.88. The van der Waals surface area contributed by atoms with E-state index in [-0.39, 0.29) is 0 Å². The molecule has 1 aromatic carbocycles. The van der Waals surface area contributed by atoms with E-state index in [4.69, 9.17) is 9.84 Å². The van der Waals surface area contributed by atoms with Crippen LogP contribution in [0.4, 0.5) is 0 Å². The summed E-state index contributed by atoms with van der Waals surface area (Å²) in [6.45, 7) is 3.56. The number of carboxylic acid groups (broad SMARTS) is 1. The smallest absolute Gasteiger partial charge is 0.325 e. The number of benzene rings is 1. The first-order valence-electron chi connectivity index (χ1n) is 5.76. The minimum Gasteiger partial charge on any atom is -0.480 e. The van der Waals surface area contributed by atoms with Crippen LogP contribution in [0, 0.1) is 0 Å². The standard InChI is InChI=1S/C13H17NO4/c1-3-18-11(10-7-5-4-6-8-10)12(15)14-9(2)13(16)17/h4-9,11H,3H2,1-2H3,(H,14,15)(H,16,17)/t9-,11?/m1/s1. The number of ether oxygens (including phenoxy) is 1. The summed E-state index contributed by atoms with van der Waals surface area (Å²) in [7, 11) is 0. The molecule has 5 heteroatoms. The number of hydrogen-bond acceptors (Lipinski definition) is 3. The van der Waals surface area contributed by atoms with Gasteiger partial charge in [0, 0.05) is 6.61 Å². The lowest BCUT2D eigenvalue weighted by Crippen LogP contribution is -2.41. The van der Waals surface area contributed by atoms with E-state index in [2.05, 4.69) is 5.32 Å². The maximum atomic E-state index is 11.9. The van der Waals surface area contributed by atoms with Crippen molar-refractivity contribution in [1.29, 1.82) is 0 Å². The van der Waals surface area contributed by atoms with Crippen LogP contribution in [0.1, 0.15) is 25.5 Å². The van der Waals surface area contributed by atoms with Crippen LogP contribution >= 0.6 is 0 Å². The Bertz CT molecular complexity index is 405. The van der Waals surface area contributed by atoms with Crippen LogP contribution in [-0.2, 0) is 14.3 Å². The van der Waals surface area contributed by atoms with Crippen molar-refractivity contribution in [2.75, 3.05) is 6.61 Å². The Balaban J connectivity index is 2.79. The minimum atomic E-state index is -1.08. The molecule has 1 aromatic rings. The lowest BCUT2D eigenvalue weighted by molar-refractivity contribution is -0.144. The van der Waals surface area contributed by atoms with Gasteiger partial charge < -0.3 is 15.2 Å². The number of rotatable bonds is 6. The van der Waals surface area contributed by atoms with E-state index >= 15 is 0 Å². The van der Waals surface area contributed by atoms with Gasteiger partial charge in [-0.25, -0.2) is 0 Å². The van der Waals surface area contributed by atoms with Gasteiger partial charge in [-0.1, -0.05) is 30.3 Å². The molecule has 98 valence electrons. The molecular weight excluding hydrogens is 234 g/mol. The fourth-order valence-corrected chi connectivity index (χ4v) is 1.47. The van der Waals surface area contributed by atoms with Crippen LogP contribution in [0.15, 0.2) is 30.3 Å². The highest BCUT2D eigenvalue weighted by atomic mass is 16.5. The fourth-order valence-electron chi connectivity index (χ4n) is 1.47. The number of nitrogens with one attached hydrogen (secondary N) is 1. The molecule has 1 amide bonds. The van der Waals surface area contributed by atoms with E-state index < -0.39 is 24.0 Å². The number of hydrogen-bond donors (Lipinski definition) is 2. The molecule has 0 saturated carbocycles. The highest BCUT2D eigenvalue weighted by Crippen LogP contribution is 2.17. The summed E-state index contributed by atoms with van der Waals surface area (Å²) in [4.78, 5) is 22.6. The van der Waals surface area contributed by atoms with Crippen LogP contribution in [-0.4, -0.2) is 29.6 Å². The van der Waals surface area contributed by atoms with Gasteiger partial charge >= 0.3 is 5.97 Å². The summed E-state index contributed by atoms with van der Waals surface area (Å²) < 4.78 is 5.37. The minimum absolute atomic E-state index is 0.369. The van der Waals surface area contributed by atoms with E-state index in [0.717, 1.165) is 0 Å². The van der Waals surface area contributed by atoms with Gasteiger partial charge in [-0.05, 0) is 19.4 Å². The number of carbonyl (C=O) groups is 2. The lowest BCUT2D eigenvalue weighted by Gasteiger charge is -2.18. The second-order valence-corrected chi connectivity index (χ2v) is 3.81. The summed E-state index contributed by atoms with van der Waals surface area (Å²) in [6, 6.07) is 8.04. The van der Waals surface area contributed by atoms with Crippen molar-refractivity contribution < 1.29 is 19.4 Å². The molecule has 0 radical (unpaired) electrons. The van der Waals surface area contributed by atoms with E-state index in [1.807, 2.05) is 6.07 Å². The van der Waals surface area contributed by atoms with Crippen molar-refractivity contribution in [2.45, 2.75) is 26.0 Å². The second kappa shape index (κ2) is 6.76. The van der Waals surface area contributed by atoms with Gasteiger partial charge in [0.2, 0.25) is 0 Å². The summed E-state index contributed by atoms with van der Waals surface area (Å²) in [6.07, 6.45) is -0.780. The van der Waals surface area contributed by atoms with Crippen LogP contribution in [0.5, 0.6) is 0 Å². The predicted octanol–water partition coefficient (Wildman–Crippen LogP) is 1.35. The average Bonchev–Trinajstić information content (AvgIpc) is 2.36. The van der Waals surface area contributed by atoms with Gasteiger partial charge in [-0.3, -0.25) is 9.59 Å². The van der Waals surface area contributed by atoms with E-state index in [1.165, 1.54) is 6.92 Å². The Labute approximate surface area is 106 Å². The fraction of sp³-hybridized carbons (Fsp3) is 0.385. The maximum absolute atomic E-state index is 11.9. The molecule has 5 nitrogen and oxygen atoms in total. The number of amides is 1. The van der Waals surface area contributed by atoms with Gasteiger partial charge in [0.25, 0.3) is 5.91 Å². The molecule has 0 saturated heterocycles. The zero-order valence-electron chi connectivity index (χ0n) is 10.4. The van der Waals surface area contributed by atoms with Crippen molar-refractivity contribution in [2.24, 2.45) is 0 Å². The molecule has 0 aliphatic carbocycles. The Morgan fingerprint density at radius 1 is 1.33 bits per heavy atom. The molecule has 0 bridgehead atoms. The van der Waals surface area contributed by atoms with Gasteiger partial charge in [0.15, 0.2) is 6.10 Å². The summed E-state index contributed by atoms with van der Waals surface area (Å²) in [5.74, 6) is -1.52. The molecule has 2 atom stereocenters. The first-order valence-corrected chi connectivity index (χ1v) is 5.76. The zero-order chi connectivity index (χ0) is 13.5. The number of carbonyl (C=O) groups excluding carboxylic acids is 1. The van der Waals surface area contributed by atoms with E-state index in [1.54, 1.807) is 31.2 Å². The van der Waals surface area contributed by atoms with Crippen molar-refractivity contribution in [3.05, 3.63) is 35.9 Å². The number of aliphatic carboxylic acids is 1. The highest BCUT2D eigenvalue weighted by Gasteiger charge is 2.24. The number of carboxylic acids is 1. The van der Waals surface area contributed by atoms with E-state index in [9.17, 15) is 9.59 Å². The second-order valence-electron chi connectivity index (χ2n) is 3.81. The van der Waals surface area contributed by atoms with Gasteiger partial charge in [-0.15, -0.1) is 0 Å². The topological polar surface area (TPSA) is 75.6 Å². The molecular formula is C13H17NO4. The molecule has 1 rings (SSSR count). The quantitative estimate of drug-likeness (QED) is 0.800. The molecule has 0 heterocycles. The predicted molar refractivity (Wildman–Crippen MR) is 66.0 cm³/mol. The molecule has 0 aliphatic rings. The first-order chi connectivity index (χ1) is 8.56. The molecule has 0 fully saturated rings. The largest absolute Gasteiger partial charge is 0.480 e. The normalized spacial score (nSPS) is 13.7. The molecule has 1 unspecified atom stereocenters. The van der Waals surface area contributed by atoms with Crippen LogP contribution in [0.3, 0.4) is 0 Å². The average molecular weight is 251 g/mol. The van der Waals surface area contributed by atoms with E-state index in [0.29, 0.717) is 12.2 Å². The van der Waals surface area contributed by atoms with Crippen molar-refractivity contribution in [3.8, 4) is 0 Å². The van der Waals surface area contributed by atoms with Crippen molar-refractivity contribution in [3.63, 3.8) is 0 Å². The summed E-state index contributed by atoms with van der Waals surface area (Å²) in [5.41, 5.74) is 0.703. The zero-order valence-corrected chi connectivity index (χ0v) is 10.4. The van der Waals surface area contributed by atoms with Crippen molar-refractivity contribution in [1.82, 2.24) is 5.32 Å². The first kappa shape index (κ1) is 14.2. The molecule has 0 spiro atoms. The monoisotopic (exact) mass is 251 g/mol. The molecule has 18 heavy (non-hydrogen) atoms. The van der Waals surface area contributed by atoms with Crippen LogP contribution in [0.2, 0.25) is 0 Å². The molecule has 0 aromatic heterocycles. The third-order valence-corrected chi connectivity index (χ3v) is 2.40. The third kappa shape index (κ3) is 3.85. The molecule has 2 N–H and O–H groups in total. The van der Waals surface area contributed by atoms with Crippen LogP contribution < -0.4 is 5.32 Å². The molecule has 0 aliphatic heterocycles. The Morgan fingerprint density at radius 2 is 1.94 bits per heavy atom. The highest BCUT2D eigenvalue weighted by molar-refractivity contribution is 5.86. The third-order valence-electron chi connectivity index (χ3n) is 2.40. The summed E-state index contributed by atoms with van der Waals surface area (Å²) >= 11 is 0. The van der Waals surface area contributed by atoms with Crippen molar-refractivity contribution >= 4 is 11.9 Å². The van der Waals surface area contributed by atoms with Gasteiger partial charge in [0.1, 0.15) is 6.04 Å². The van der Waals surface area contributed by atoms with Gasteiger partial charge in [-0.2, -0.15) is 0 Å². The van der Waals surface area contributed by atoms with Crippen LogP contribution in [0.25, 0.3) is 0 Å². The Kier molecular flexibility index (Phi) is 5.32. The Morgan fingerprint density at radius 3 is 2.44 bits per heavy atom. The SMILES string of the molecule is CCOC(C(=O)N[C@H](C)C(=O)O)c1ccccc1.